The van der Waals surface area contributed by atoms with Gasteiger partial charge in [0.1, 0.15) is 24.5 Å². The predicted octanol–water partition coefficient (Wildman–Crippen LogP) is 0.277. The zero-order chi connectivity index (χ0) is 12.3. The van der Waals surface area contributed by atoms with Crippen LogP contribution in [0.2, 0.25) is 0 Å². The van der Waals surface area contributed by atoms with E-state index in [1.54, 1.807) is 6.07 Å². The average molecular weight is 221 g/mol. The highest BCUT2D eigenvalue weighted by Gasteiger charge is 2.12. The quantitative estimate of drug-likeness (QED) is 0.682. The Kier molecular flexibility index (Phi) is 2.48. The molecule has 7 heteroatoms. The van der Waals surface area contributed by atoms with Gasteiger partial charge in [0.25, 0.3) is 0 Å². The fraction of sp³-hybridized carbons (Fsp3) is 0. The van der Waals surface area contributed by atoms with Crippen LogP contribution in [-0.2, 0) is 0 Å². The zero-order valence-electron chi connectivity index (χ0n) is 8.36. The molecule has 78 valence electrons. The molecule has 0 saturated heterocycles. The van der Waals surface area contributed by atoms with Gasteiger partial charge in [0.15, 0.2) is 22.9 Å². The van der Waals surface area contributed by atoms with Crippen LogP contribution in [0, 0.1) is 34.0 Å². The molecule has 0 aliphatic rings. The Morgan fingerprint density at radius 3 is 2.29 bits per heavy atom. The largest absolute Gasteiger partial charge is 0.272 e. The number of aromatic nitrogens is 4. The molecule has 2 heterocycles. The monoisotopic (exact) mass is 221 g/mol. The van der Waals surface area contributed by atoms with Crippen LogP contribution in [0.1, 0.15) is 17.1 Å². The topological polar surface area (TPSA) is 115 Å². The van der Waals surface area contributed by atoms with Crippen LogP contribution in [0.25, 0.3) is 5.82 Å². The summed E-state index contributed by atoms with van der Waals surface area (Å²) in [7, 11) is 0. The first-order valence-corrected chi connectivity index (χ1v) is 4.40. The van der Waals surface area contributed by atoms with Crippen molar-refractivity contribution in [1.29, 1.82) is 15.8 Å². The Labute approximate surface area is 95.8 Å². The van der Waals surface area contributed by atoms with Gasteiger partial charge in [0.05, 0.1) is 12.4 Å². The Balaban J connectivity index is 2.55. The molecule has 7 nitrogen and oxygen atoms in total. The van der Waals surface area contributed by atoms with Crippen molar-refractivity contribution >= 4 is 0 Å². The summed E-state index contributed by atoms with van der Waals surface area (Å²) in [6.07, 6.45) is 3.93. The van der Waals surface area contributed by atoms with E-state index in [0.717, 1.165) is 0 Å². The molecule has 0 saturated carbocycles. The average Bonchev–Trinajstić information content (AvgIpc) is 2.81. The fourth-order valence-electron chi connectivity index (χ4n) is 1.21. The predicted molar refractivity (Wildman–Crippen MR) is 53.3 cm³/mol. The number of nitriles is 3. The molecule has 0 atom stereocenters. The molecule has 0 aromatic carbocycles. The molecule has 0 fully saturated rings. The minimum absolute atomic E-state index is 0.0265. The van der Waals surface area contributed by atoms with E-state index in [1.807, 2.05) is 12.1 Å². The number of imidazole rings is 1. The molecule has 0 radical (unpaired) electrons. The lowest BCUT2D eigenvalue weighted by Gasteiger charge is -2.00. The summed E-state index contributed by atoms with van der Waals surface area (Å²) in [6, 6.07) is 5.51. The molecule has 2 aromatic rings. The first-order valence-electron chi connectivity index (χ1n) is 4.40. The second-order valence-electron chi connectivity index (χ2n) is 2.91. The van der Waals surface area contributed by atoms with E-state index >= 15 is 0 Å². The van der Waals surface area contributed by atoms with Crippen molar-refractivity contribution < 1.29 is 0 Å². The maximum Gasteiger partial charge on any atom is 0.177 e. The first kappa shape index (κ1) is 10.3. The summed E-state index contributed by atoms with van der Waals surface area (Å²) in [5, 5.41) is 26.2. The highest BCUT2D eigenvalue weighted by atomic mass is 15.1. The van der Waals surface area contributed by atoms with E-state index in [0.29, 0.717) is 5.82 Å². The Morgan fingerprint density at radius 2 is 1.76 bits per heavy atom. The standard InChI is InChI=1S/C10H3N7/c11-1-7-4-15-10(5-14-7)17-6-16-8(2-12)9(17)3-13/h4-6H. The molecule has 0 amide bonds. The van der Waals surface area contributed by atoms with Gasteiger partial charge in [-0.25, -0.2) is 15.0 Å². The van der Waals surface area contributed by atoms with Gasteiger partial charge in [0, 0.05) is 0 Å². The first-order chi connectivity index (χ1) is 8.30. The molecular weight excluding hydrogens is 218 g/mol. The SMILES string of the molecule is N#Cc1cnc(-n2cnc(C#N)c2C#N)cn1. The van der Waals surface area contributed by atoms with Gasteiger partial charge < -0.3 is 0 Å². The van der Waals surface area contributed by atoms with Gasteiger partial charge in [-0.1, -0.05) is 0 Å². The molecule has 0 unspecified atom stereocenters. The lowest BCUT2D eigenvalue weighted by atomic mass is 10.3. The number of hydrogen-bond acceptors (Lipinski definition) is 6. The molecular formula is C10H3N7. The van der Waals surface area contributed by atoms with Crippen LogP contribution in [0.3, 0.4) is 0 Å². The Morgan fingerprint density at radius 1 is 0.941 bits per heavy atom. The van der Waals surface area contributed by atoms with Crippen LogP contribution in [0.5, 0.6) is 0 Å². The fourth-order valence-corrected chi connectivity index (χ4v) is 1.21. The summed E-state index contributed by atoms with van der Waals surface area (Å²) in [6.45, 7) is 0. The molecule has 0 aliphatic heterocycles. The molecule has 2 aromatic heterocycles. The van der Waals surface area contributed by atoms with Crippen LogP contribution in [0.15, 0.2) is 18.7 Å². The second kappa shape index (κ2) is 4.09. The maximum atomic E-state index is 8.92. The van der Waals surface area contributed by atoms with Crippen LogP contribution < -0.4 is 0 Å². The number of nitrogens with zero attached hydrogens (tertiary/aromatic N) is 7. The molecule has 0 bridgehead atoms. The van der Waals surface area contributed by atoms with Gasteiger partial charge in [-0.2, -0.15) is 15.8 Å². The van der Waals surface area contributed by atoms with E-state index in [9.17, 15) is 0 Å². The number of rotatable bonds is 1. The zero-order valence-corrected chi connectivity index (χ0v) is 8.36. The highest BCUT2D eigenvalue weighted by molar-refractivity contribution is 5.41. The molecule has 0 N–H and O–H groups in total. The van der Waals surface area contributed by atoms with Crippen molar-refractivity contribution in [1.82, 2.24) is 19.5 Å². The van der Waals surface area contributed by atoms with Crippen LogP contribution in [-0.4, -0.2) is 19.5 Å². The van der Waals surface area contributed by atoms with Gasteiger partial charge in [-0.05, 0) is 0 Å². The van der Waals surface area contributed by atoms with Crippen molar-refractivity contribution in [2.24, 2.45) is 0 Å². The number of hydrogen-bond donors (Lipinski definition) is 0. The lowest BCUT2D eigenvalue weighted by molar-refractivity contribution is 0.951. The summed E-state index contributed by atoms with van der Waals surface area (Å²) >= 11 is 0. The van der Waals surface area contributed by atoms with E-state index in [4.69, 9.17) is 15.8 Å². The third kappa shape index (κ3) is 1.67. The van der Waals surface area contributed by atoms with Crippen molar-refractivity contribution in [3.05, 3.63) is 35.8 Å². The second-order valence-corrected chi connectivity index (χ2v) is 2.91. The molecule has 0 aliphatic carbocycles. The summed E-state index contributed by atoms with van der Waals surface area (Å²) in [5.41, 5.74) is 0.290. The molecule has 17 heavy (non-hydrogen) atoms. The summed E-state index contributed by atoms with van der Waals surface area (Å²) in [5.74, 6) is 0.328. The third-order valence-corrected chi connectivity index (χ3v) is 1.98. The van der Waals surface area contributed by atoms with Gasteiger partial charge >= 0.3 is 0 Å². The summed E-state index contributed by atoms with van der Waals surface area (Å²) in [4.78, 5) is 11.5. The highest BCUT2D eigenvalue weighted by Crippen LogP contribution is 2.10. The lowest BCUT2D eigenvalue weighted by Crippen LogP contribution is -2.01. The van der Waals surface area contributed by atoms with Gasteiger partial charge in [0.2, 0.25) is 0 Å². The van der Waals surface area contributed by atoms with Gasteiger partial charge in [-0.15, -0.1) is 0 Å². The van der Waals surface area contributed by atoms with Crippen molar-refractivity contribution in [3.63, 3.8) is 0 Å². The Hall–Kier alpha value is -3.24. The minimum Gasteiger partial charge on any atom is -0.272 e. The minimum atomic E-state index is 0.0265. The molecule has 2 rings (SSSR count). The maximum absolute atomic E-state index is 8.92. The smallest absolute Gasteiger partial charge is 0.177 e. The van der Waals surface area contributed by atoms with E-state index in [1.165, 1.54) is 23.3 Å². The Bertz CT molecular complexity index is 675. The van der Waals surface area contributed by atoms with Crippen molar-refractivity contribution in [2.75, 3.05) is 0 Å². The van der Waals surface area contributed by atoms with Crippen molar-refractivity contribution in [3.8, 4) is 24.0 Å². The van der Waals surface area contributed by atoms with Crippen molar-refractivity contribution in [2.45, 2.75) is 0 Å². The summed E-state index contributed by atoms with van der Waals surface area (Å²) < 4.78 is 1.34. The van der Waals surface area contributed by atoms with Crippen LogP contribution in [0.4, 0.5) is 0 Å². The van der Waals surface area contributed by atoms with E-state index in [2.05, 4.69) is 15.0 Å². The molecule has 0 spiro atoms. The third-order valence-electron chi connectivity index (χ3n) is 1.98. The normalized spacial score (nSPS) is 9.00. The van der Waals surface area contributed by atoms with E-state index < -0.39 is 0 Å². The van der Waals surface area contributed by atoms with E-state index in [-0.39, 0.29) is 17.1 Å². The van der Waals surface area contributed by atoms with Crippen LogP contribution >= 0.6 is 0 Å². The van der Waals surface area contributed by atoms with Gasteiger partial charge in [-0.3, -0.25) is 4.57 Å².